The van der Waals surface area contributed by atoms with E-state index in [0.717, 1.165) is 15.1 Å². The molecule has 9 heteroatoms. The van der Waals surface area contributed by atoms with Gasteiger partial charge in [0.15, 0.2) is 0 Å². The summed E-state index contributed by atoms with van der Waals surface area (Å²) in [5.74, 6) is -0.684. The zero-order valence-corrected chi connectivity index (χ0v) is 19.4. The van der Waals surface area contributed by atoms with E-state index in [0.29, 0.717) is 5.56 Å². The van der Waals surface area contributed by atoms with Crippen LogP contribution in [0.5, 0.6) is 5.75 Å². The van der Waals surface area contributed by atoms with Crippen LogP contribution in [0.3, 0.4) is 0 Å². The second-order valence-electron chi connectivity index (χ2n) is 7.29. The number of anilines is 1. The minimum Gasteiger partial charge on any atom is -0.507 e. The highest BCUT2D eigenvalue weighted by atomic mass is 35.5. The Labute approximate surface area is 202 Å². The maximum Gasteiger partial charge on any atom is 0.264 e. The molecule has 4 aromatic carbocycles. The van der Waals surface area contributed by atoms with Crippen LogP contribution in [0.2, 0.25) is 5.02 Å². The summed E-state index contributed by atoms with van der Waals surface area (Å²) in [6.07, 6.45) is 1.32. The summed E-state index contributed by atoms with van der Waals surface area (Å²) in [5.41, 5.74) is 2.93. The van der Waals surface area contributed by atoms with Crippen molar-refractivity contribution in [1.82, 2.24) is 5.43 Å². The molecule has 0 saturated heterocycles. The SMILES string of the molecule is O=C(CN(c1ccccc1Cl)S(=O)(=O)c1ccccc1)N/N=C\c1c(O)ccc2ccccc12. The molecule has 172 valence electrons. The van der Waals surface area contributed by atoms with Gasteiger partial charge in [-0.25, -0.2) is 13.8 Å². The maximum absolute atomic E-state index is 13.3. The predicted octanol–water partition coefficient (Wildman–Crippen LogP) is 4.54. The maximum atomic E-state index is 13.3. The van der Waals surface area contributed by atoms with E-state index in [1.165, 1.54) is 30.5 Å². The van der Waals surface area contributed by atoms with Gasteiger partial charge >= 0.3 is 0 Å². The zero-order valence-electron chi connectivity index (χ0n) is 17.8. The van der Waals surface area contributed by atoms with Crippen molar-refractivity contribution in [3.8, 4) is 5.75 Å². The number of benzene rings is 4. The Hall–Kier alpha value is -3.88. The Kier molecular flexibility index (Phi) is 6.81. The number of halogens is 1. The molecule has 0 aliphatic heterocycles. The van der Waals surface area contributed by atoms with Crippen LogP contribution in [-0.4, -0.2) is 32.2 Å². The Morgan fingerprint density at radius 1 is 0.941 bits per heavy atom. The predicted molar refractivity (Wildman–Crippen MR) is 134 cm³/mol. The summed E-state index contributed by atoms with van der Waals surface area (Å²) in [5, 5.41) is 16.0. The van der Waals surface area contributed by atoms with Gasteiger partial charge in [-0.3, -0.25) is 9.10 Å². The van der Waals surface area contributed by atoms with Gasteiger partial charge < -0.3 is 5.11 Å². The number of phenols is 1. The summed E-state index contributed by atoms with van der Waals surface area (Å²) in [6, 6.07) is 24.9. The molecule has 0 aromatic heterocycles. The van der Waals surface area contributed by atoms with Gasteiger partial charge in [-0.1, -0.05) is 72.3 Å². The van der Waals surface area contributed by atoms with E-state index in [2.05, 4.69) is 10.5 Å². The third-order valence-corrected chi connectivity index (χ3v) is 7.16. The molecular formula is C25H20ClN3O4S. The van der Waals surface area contributed by atoms with Crippen molar-refractivity contribution in [2.45, 2.75) is 4.90 Å². The minimum atomic E-state index is -4.09. The van der Waals surface area contributed by atoms with E-state index in [1.54, 1.807) is 42.5 Å². The van der Waals surface area contributed by atoms with E-state index < -0.39 is 22.5 Å². The first-order valence-corrected chi connectivity index (χ1v) is 12.0. The summed E-state index contributed by atoms with van der Waals surface area (Å²) in [7, 11) is -4.09. The second kappa shape index (κ2) is 9.94. The fourth-order valence-electron chi connectivity index (χ4n) is 3.43. The molecule has 0 unspecified atom stereocenters. The highest BCUT2D eigenvalue weighted by molar-refractivity contribution is 7.92. The van der Waals surface area contributed by atoms with E-state index in [1.807, 2.05) is 24.3 Å². The van der Waals surface area contributed by atoms with Gasteiger partial charge in [0.05, 0.1) is 21.8 Å². The van der Waals surface area contributed by atoms with Crippen LogP contribution in [0.15, 0.2) is 101 Å². The highest BCUT2D eigenvalue weighted by Gasteiger charge is 2.28. The normalized spacial score (nSPS) is 11.6. The molecule has 0 aliphatic carbocycles. The molecule has 34 heavy (non-hydrogen) atoms. The Morgan fingerprint density at radius 3 is 2.38 bits per heavy atom. The molecule has 0 fully saturated rings. The molecular weight excluding hydrogens is 474 g/mol. The third-order valence-electron chi connectivity index (χ3n) is 5.07. The number of rotatable bonds is 7. The van der Waals surface area contributed by atoms with Crippen molar-refractivity contribution in [2.75, 3.05) is 10.8 Å². The number of hydrogen-bond donors (Lipinski definition) is 2. The number of sulfonamides is 1. The minimum absolute atomic E-state index is 0.000971. The van der Waals surface area contributed by atoms with Crippen LogP contribution < -0.4 is 9.73 Å². The van der Waals surface area contributed by atoms with Gasteiger partial charge in [0.2, 0.25) is 0 Å². The van der Waals surface area contributed by atoms with Crippen molar-refractivity contribution < 1.29 is 18.3 Å². The van der Waals surface area contributed by atoms with Crippen molar-refractivity contribution >= 4 is 50.2 Å². The first-order valence-electron chi connectivity index (χ1n) is 10.2. The van der Waals surface area contributed by atoms with Crippen LogP contribution in [-0.2, 0) is 14.8 Å². The number of amides is 1. The van der Waals surface area contributed by atoms with Gasteiger partial charge in [0.25, 0.3) is 15.9 Å². The lowest BCUT2D eigenvalue weighted by Crippen LogP contribution is -2.39. The Bertz CT molecular complexity index is 1470. The largest absolute Gasteiger partial charge is 0.507 e. The topological polar surface area (TPSA) is 99.1 Å². The number of carbonyl (C=O) groups excluding carboxylic acids is 1. The number of nitrogens with zero attached hydrogens (tertiary/aromatic N) is 2. The smallest absolute Gasteiger partial charge is 0.264 e. The fraction of sp³-hybridized carbons (Fsp3) is 0.0400. The van der Waals surface area contributed by atoms with Crippen molar-refractivity contribution in [1.29, 1.82) is 0 Å². The molecule has 0 atom stereocenters. The van der Waals surface area contributed by atoms with Crippen LogP contribution in [0, 0.1) is 0 Å². The van der Waals surface area contributed by atoms with E-state index in [9.17, 15) is 18.3 Å². The molecule has 0 radical (unpaired) electrons. The molecule has 1 amide bonds. The van der Waals surface area contributed by atoms with Crippen LogP contribution in [0.25, 0.3) is 10.8 Å². The van der Waals surface area contributed by atoms with Crippen molar-refractivity contribution in [2.24, 2.45) is 5.10 Å². The average molecular weight is 494 g/mol. The highest BCUT2D eigenvalue weighted by Crippen LogP contribution is 2.30. The first kappa shape index (κ1) is 23.3. The monoisotopic (exact) mass is 493 g/mol. The fourth-order valence-corrected chi connectivity index (χ4v) is 5.18. The number of carbonyl (C=O) groups is 1. The van der Waals surface area contributed by atoms with Crippen LogP contribution in [0.4, 0.5) is 5.69 Å². The lowest BCUT2D eigenvalue weighted by atomic mass is 10.0. The van der Waals surface area contributed by atoms with Gasteiger partial charge in [-0.15, -0.1) is 0 Å². The number of para-hydroxylation sites is 1. The van der Waals surface area contributed by atoms with Crippen molar-refractivity contribution in [3.63, 3.8) is 0 Å². The van der Waals surface area contributed by atoms with Crippen LogP contribution >= 0.6 is 11.6 Å². The summed E-state index contributed by atoms with van der Waals surface area (Å²) >= 11 is 6.26. The molecule has 4 rings (SSSR count). The summed E-state index contributed by atoms with van der Waals surface area (Å²) < 4.78 is 27.6. The molecule has 0 heterocycles. The average Bonchev–Trinajstić information content (AvgIpc) is 2.85. The number of hydrogen-bond acceptors (Lipinski definition) is 5. The van der Waals surface area contributed by atoms with Crippen molar-refractivity contribution in [3.05, 3.63) is 102 Å². The zero-order chi connectivity index (χ0) is 24.1. The quantitative estimate of drug-likeness (QED) is 0.291. The molecule has 7 nitrogen and oxygen atoms in total. The number of phenolic OH excluding ortho intramolecular Hbond substituents is 1. The standard InChI is InChI=1S/C25H20ClN3O4S/c26-22-12-6-7-13-23(22)29(34(32,33)19-9-2-1-3-10-19)17-25(31)28-27-16-21-20-11-5-4-8-18(20)14-15-24(21)30/h1-16,30H,17H2,(H,28,31)/b27-16-. The number of aromatic hydroxyl groups is 1. The number of fused-ring (bicyclic) bond motifs is 1. The summed E-state index contributed by atoms with van der Waals surface area (Å²) in [4.78, 5) is 12.7. The third kappa shape index (κ3) is 4.88. The lowest BCUT2D eigenvalue weighted by Gasteiger charge is -2.24. The van der Waals surface area contributed by atoms with E-state index in [-0.39, 0.29) is 21.4 Å². The number of nitrogens with one attached hydrogen (secondary N) is 1. The Morgan fingerprint density at radius 2 is 1.62 bits per heavy atom. The van der Waals surface area contributed by atoms with Gasteiger partial charge in [-0.05, 0) is 41.1 Å². The van der Waals surface area contributed by atoms with Gasteiger partial charge in [0, 0.05) is 5.56 Å². The Balaban J connectivity index is 1.60. The molecule has 0 bridgehead atoms. The summed E-state index contributed by atoms with van der Waals surface area (Å²) in [6.45, 7) is -0.556. The van der Waals surface area contributed by atoms with Gasteiger partial charge in [0.1, 0.15) is 12.3 Å². The number of hydrazone groups is 1. The second-order valence-corrected chi connectivity index (χ2v) is 9.56. The van der Waals surface area contributed by atoms with Crippen LogP contribution in [0.1, 0.15) is 5.56 Å². The van der Waals surface area contributed by atoms with E-state index in [4.69, 9.17) is 11.6 Å². The molecule has 0 saturated carbocycles. The molecule has 4 aromatic rings. The molecule has 2 N–H and O–H groups in total. The van der Waals surface area contributed by atoms with Gasteiger partial charge in [-0.2, -0.15) is 5.10 Å². The lowest BCUT2D eigenvalue weighted by molar-refractivity contribution is -0.119. The first-order chi connectivity index (χ1) is 16.4. The molecule has 0 spiro atoms. The van der Waals surface area contributed by atoms with E-state index >= 15 is 0 Å². The molecule has 0 aliphatic rings.